The lowest BCUT2D eigenvalue weighted by molar-refractivity contribution is -0.182. The molecule has 0 radical (unpaired) electrons. The molecule has 0 aliphatic heterocycles. The first-order chi connectivity index (χ1) is 6.37. The van der Waals surface area contributed by atoms with Crippen molar-refractivity contribution in [1.29, 1.82) is 0 Å². The Kier molecular flexibility index (Phi) is 2.46. The average molecular weight is 202 g/mol. The Morgan fingerprint density at radius 3 is 1.29 bits per heavy atom. The first kappa shape index (κ1) is 10.5. The van der Waals surface area contributed by atoms with Gasteiger partial charge in [0.05, 0.1) is 17.8 Å². The summed E-state index contributed by atoms with van der Waals surface area (Å²) in [6.07, 6.45) is 0. The normalized spacial score (nSPS) is 35.8. The highest BCUT2D eigenvalue weighted by molar-refractivity contribution is 5.89. The first-order valence-corrected chi connectivity index (χ1v) is 4.06. The van der Waals surface area contributed by atoms with Gasteiger partial charge in [-0.25, -0.2) is 0 Å². The Bertz CT molecular complexity index is 274. The molecule has 0 heterocycles. The van der Waals surface area contributed by atoms with Gasteiger partial charge in [0.25, 0.3) is 0 Å². The maximum absolute atomic E-state index is 10.6. The summed E-state index contributed by atoms with van der Waals surface area (Å²) >= 11 is 0. The van der Waals surface area contributed by atoms with Crippen LogP contribution in [0, 0.1) is 23.7 Å². The van der Waals surface area contributed by atoms with E-state index >= 15 is 0 Å². The van der Waals surface area contributed by atoms with Gasteiger partial charge in [0.2, 0.25) is 0 Å². The standard InChI is InChI=1S/C8H10O6/c1-2-3(6(9)10)5(8(13)14)4(2)7(11)12/h2-5H,1H3,(H,9,10)(H,11,12)(H,13,14). The predicted molar refractivity (Wildman–Crippen MR) is 42.5 cm³/mol. The second-order valence-electron chi connectivity index (χ2n) is 3.45. The van der Waals surface area contributed by atoms with Crippen molar-refractivity contribution in [2.75, 3.05) is 0 Å². The minimum Gasteiger partial charge on any atom is -0.481 e. The van der Waals surface area contributed by atoms with Crippen LogP contribution in [0.4, 0.5) is 0 Å². The second kappa shape index (κ2) is 3.28. The first-order valence-electron chi connectivity index (χ1n) is 4.06. The number of carboxylic acid groups (broad SMARTS) is 3. The summed E-state index contributed by atoms with van der Waals surface area (Å²) in [6, 6.07) is 0. The minimum atomic E-state index is -1.36. The van der Waals surface area contributed by atoms with Crippen molar-refractivity contribution in [3.63, 3.8) is 0 Å². The molecular weight excluding hydrogens is 192 g/mol. The number of carboxylic acids is 3. The summed E-state index contributed by atoms with van der Waals surface area (Å²) in [5, 5.41) is 26.0. The van der Waals surface area contributed by atoms with Gasteiger partial charge < -0.3 is 15.3 Å². The molecule has 0 saturated heterocycles. The van der Waals surface area contributed by atoms with Crippen LogP contribution in [0.1, 0.15) is 6.92 Å². The Morgan fingerprint density at radius 1 is 0.786 bits per heavy atom. The SMILES string of the molecule is CC1C(C(=O)O)C(C(=O)O)C1C(=O)O. The molecule has 0 bridgehead atoms. The monoisotopic (exact) mass is 202 g/mol. The zero-order valence-electron chi connectivity index (χ0n) is 7.38. The molecule has 6 nitrogen and oxygen atoms in total. The molecule has 6 heteroatoms. The molecule has 1 fully saturated rings. The Balaban J connectivity index is 2.89. The Labute approximate surface area is 79.2 Å². The largest absolute Gasteiger partial charge is 0.481 e. The molecule has 1 saturated carbocycles. The van der Waals surface area contributed by atoms with Crippen molar-refractivity contribution in [1.82, 2.24) is 0 Å². The molecule has 1 rings (SSSR count). The number of hydrogen-bond acceptors (Lipinski definition) is 3. The van der Waals surface area contributed by atoms with E-state index in [1.807, 2.05) is 0 Å². The number of rotatable bonds is 3. The number of aliphatic carboxylic acids is 3. The van der Waals surface area contributed by atoms with Crippen molar-refractivity contribution in [2.24, 2.45) is 23.7 Å². The van der Waals surface area contributed by atoms with Crippen molar-refractivity contribution in [3.05, 3.63) is 0 Å². The van der Waals surface area contributed by atoms with Crippen LogP contribution in [0.25, 0.3) is 0 Å². The van der Waals surface area contributed by atoms with E-state index in [4.69, 9.17) is 15.3 Å². The molecule has 0 aromatic rings. The molecule has 0 amide bonds. The van der Waals surface area contributed by atoms with Crippen LogP contribution in [0.5, 0.6) is 0 Å². The predicted octanol–water partition coefficient (Wildman–Crippen LogP) is -0.262. The molecule has 78 valence electrons. The van der Waals surface area contributed by atoms with Gasteiger partial charge in [0.1, 0.15) is 0 Å². The van der Waals surface area contributed by atoms with Crippen LogP contribution in [-0.4, -0.2) is 33.2 Å². The van der Waals surface area contributed by atoms with E-state index in [1.54, 1.807) is 0 Å². The molecule has 2 unspecified atom stereocenters. The van der Waals surface area contributed by atoms with E-state index in [1.165, 1.54) is 6.92 Å². The van der Waals surface area contributed by atoms with Gasteiger partial charge in [-0.2, -0.15) is 0 Å². The van der Waals surface area contributed by atoms with Crippen LogP contribution in [-0.2, 0) is 14.4 Å². The van der Waals surface area contributed by atoms with Crippen molar-refractivity contribution in [2.45, 2.75) is 6.92 Å². The van der Waals surface area contributed by atoms with Gasteiger partial charge in [-0.05, 0) is 5.92 Å². The minimum absolute atomic E-state index is 0.633. The molecule has 0 spiro atoms. The highest BCUT2D eigenvalue weighted by Crippen LogP contribution is 2.46. The van der Waals surface area contributed by atoms with E-state index in [2.05, 4.69) is 0 Å². The van der Waals surface area contributed by atoms with Gasteiger partial charge in [0.15, 0.2) is 0 Å². The zero-order chi connectivity index (χ0) is 11.0. The summed E-state index contributed by atoms with van der Waals surface area (Å²) in [4.78, 5) is 31.9. The maximum Gasteiger partial charge on any atom is 0.308 e. The van der Waals surface area contributed by atoms with Crippen molar-refractivity contribution >= 4 is 17.9 Å². The molecular formula is C8H10O6. The van der Waals surface area contributed by atoms with Crippen LogP contribution >= 0.6 is 0 Å². The fourth-order valence-corrected chi connectivity index (χ4v) is 2.02. The fourth-order valence-electron chi connectivity index (χ4n) is 2.02. The summed E-state index contributed by atoms with van der Waals surface area (Å²) < 4.78 is 0. The van der Waals surface area contributed by atoms with Gasteiger partial charge in [-0.3, -0.25) is 14.4 Å². The van der Waals surface area contributed by atoms with E-state index in [9.17, 15) is 14.4 Å². The average Bonchev–Trinajstić information content (AvgIpc) is 1.97. The molecule has 0 aromatic carbocycles. The number of carbonyl (C=O) groups is 3. The van der Waals surface area contributed by atoms with Crippen LogP contribution in [0.15, 0.2) is 0 Å². The summed E-state index contributed by atoms with van der Waals surface area (Å²) in [5.74, 6) is -7.97. The molecule has 1 aliphatic rings. The number of hydrogen-bond donors (Lipinski definition) is 3. The summed E-state index contributed by atoms with van der Waals surface area (Å²) in [7, 11) is 0. The highest BCUT2D eigenvalue weighted by Gasteiger charge is 2.58. The summed E-state index contributed by atoms with van der Waals surface area (Å²) in [5.41, 5.74) is 0. The quantitative estimate of drug-likeness (QED) is 0.581. The van der Waals surface area contributed by atoms with Crippen LogP contribution < -0.4 is 0 Å². The Morgan fingerprint density at radius 2 is 1.07 bits per heavy atom. The van der Waals surface area contributed by atoms with Crippen molar-refractivity contribution in [3.8, 4) is 0 Å². The lowest BCUT2D eigenvalue weighted by Crippen LogP contribution is -2.56. The fraction of sp³-hybridized carbons (Fsp3) is 0.625. The molecule has 3 N–H and O–H groups in total. The molecule has 1 aliphatic carbocycles. The smallest absolute Gasteiger partial charge is 0.308 e. The lowest BCUT2D eigenvalue weighted by atomic mass is 9.57. The zero-order valence-corrected chi connectivity index (χ0v) is 7.38. The van der Waals surface area contributed by atoms with Gasteiger partial charge in [-0.15, -0.1) is 0 Å². The van der Waals surface area contributed by atoms with E-state index in [0.717, 1.165) is 0 Å². The molecule has 0 aromatic heterocycles. The van der Waals surface area contributed by atoms with Gasteiger partial charge in [-0.1, -0.05) is 6.92 Å². The van der Waals surface area contributed by atoms with Crippen LogP contribution in [0.2, 0.25) is 0 Å². The van der Waals surface area contributed by atoms with E-state index < -0.39 is 41.6 Å². The molecule has 14 heavy (non-hydrogen) atoms. The third-order valence-electron chi connectivity index (χ3n) is 2.76. The third kappa shape index (κ3) is 1.32. The van der Waals surface area contributed by atoms with Crippen molar-refractivity contribution < 1.29 is 29.7 Å². The Hall–Kier alpha value is -1.59. The molecule has 2 atom stereocenters. The lowest BCUT2D eigenvalue weighted by Gasteiger charge is -2.43. The summed E-state index contributed by atoms with van der Waals surface area (Å²) in [6.45, 7) is 1.44. The van der Waals surface area contributed by atoms with E-state index in [0.29, 0.717) is 0 Å². The highest BCUT2D eigenvalue weighted by atomic mass is 16.4. The second-order valence-corrected chi connectivity index (χ2v) is 3.45. The topological polar surface area (TPSA) is 112 Å². The van der Waals surface area contributed by atoms with E-state index in [-0.39, 0.29) is 0 Å². The third-order valence-corrected chi connectivity index (χ3v) is 2.76. The van der Waals surface area contributed by atoms with Gasteiger partial charge in [0, 0.05) is 0 Å². The maximum atomic E-state index is 10.6. The van der Waals surface area contributed by atoms with Gasteiger partial charge >= 0.3 is 17.9 Å². The van der Waals surface area contributed by atoms with Crippen LogP contribution in [0.3, 0.4) is 0 Å².